The lowest BCUT2D eigenvalue weighted by molar-refractivity contribution is 0.598. The quantitative estimate of drug-likeness (QED) is 0.456. The Morgan fingerprint density at radius 1 is 1.45 bits per heavy atom. The van der Waals surface area contributed by atoms with Crippen LogP contribution in [0.3, 0.4) is 0 Å². The number of aryl methyl sites for hydroxylation is 1. The van der Waals surface area contributed by atoms with Gasteiger partial charge in [0.25, 0.3) is 0 Å². The number of rotatable bonds is 5. The first-order valence-corrected chi connectivity index (χ1v) is 7.12. The molecule has 2 aromatic heterocycles. The standard InChI is InChI=1S/C13H19N5S.HI/c1-11-4-9-19-12(11)10-16-13(14-2)15-6-8-18-7-3-5-17-18;/h3-5,7,9H,6,8,10H2,1-2H3,(H2,14,15,16);1H. The van der Waals surface area contributed by atoms with Crippen LogP contribution >= 0.6 is 35.3 Å². The third kappa shape index (κ3) is 5.12. The van der Waals surface area contributed by atoms with Crippen LogP contribution in [0.25, 0.3) is 0 Å². The molecule has 0 saturated carbocycles. The monoisotopic (exact) mass is 405 g/mol. The molecule has 0 saturated heterocycles. The molecule has 0 bridgehead atoms. The Kier molecular flexibility index (Phi) is 7.60. The summed E-state index contributed by atoms with van der Waals surface area (Å²) >= 11 is 1.76. The number of aromatic nitrogens is 2. The summed E-state index contributed by atoms with van der Waals surface area (Å²) in [6.07, 6.45) is 3.74. The van der Waals surface area contributed by atoms with Crippen LogP contribution in [-0.2, 0) is 13.1 Å². The van der Waals surface area contributed by atoms with E-state index in [1.807, 2.05) is 16.9 Å². The predicted octanol–water partition coefficient (Wildman–Crippen LogP) is 2.24. The number of aliphatic imine (C=N–C) groups is 1. The molecule has 20 heavy (non-hydrogen) atoms. The summed E-state index contributed by atoms with van der Waals surface area (Å²) in [7, 11) is 1.78. The average molecular weight is 405 g/mol. The number of nitrogens with one attached hydrogen (secondary N) is 2. The first-order valence-electron chi connectivity index (χ1n) is 6.24. The van der Waals surface area contributed by atoms with Gasteiger partial charge in [0.05, 0.1) is 13.1 Å². The lowest BCUT2D eigenvalue weighted by Crippen LogP contribution is -2.38. The van der Waals surface area contributed by atoms with E-state index in [-0.39, 0.29) is 24.0 Å². The predicted molar refractivity (Wildman–Crippen MR) is 94.9 cm³/mol. The van der Waals surface area contributed by atoms with Crippen LogP contribution < -0.4 is 10.6 Å². The van der Waals surface area contributed by atoms with E-state index >= 15 is 0 Å². The van der Waals surface area contributed by atoms with Crippen molar-refractivity contribution < 1.29 is 0 Å². The average Bonchev–Trinajstić information content (AvgIpc) is 3.05. The summed E-state index contributed by atoms with van der Waals surface area (Å²) in [4.78, 5) is 5.55. The molecule has 2 rings (SSSR count). The fourth-order valence-electron chi connectivity index (χ4n) is 1.69. The summed E-state index contributed by atoms with van der Waals surface area (Å²) in [5, 5.41) is 12.9. The molecule has 2 N–H and O–H groups in total. The van der Waals surface area contributed by atoms with Gasteiger partial charge < -0.3 is 10.6 Å². The van der Waals surface area contributed by atoms with Crippen molar-refractivity contribution in [1.82, 2.24) is 20.4 Å². The van der Waals surface area contributed by atoms with Crippen LogP contribution in [-0.4, -0.2) is 29.3 Å². The molecule has 5 nitrogen and oxygen atoms in total. The topological polar surface area (TPSA) is 54.2 Å². The van der Waals surface area contributed by atoms with Crippen molar-refractivity contribution in [2.75, 3.05) is 13.6 Å². The van der Waals surface area contributed by atoms with Gasteiger partial charge in [0.1, 0.15) is 0 Å². The smallest absolute Gasteiger partial charge is 0.191 e. The Balaban J connectivity index is 0.00000200. The molecular weight excluding hydrogens is 385 g/mol. The lowest BCUT2D eigenvalue weighted by atomic mass is 10.3. The molecule has 0 aromatic carbocycles. The van der Waals surface area contributed by atoms with Crippen LogP contribution in [0.2, 0.25) is 0 Å². The summed E-state index contributed by atoms with van der Waals surface area (Å²) in [5.74, 6) is 0.819. The maximum atomic E-state index is 4.21. The highest BCUT2D eigenvalue weighted by Gasteiger charge is 2.01. The number of guanidine groups is 1. The van der Waals surface area contributed by atoms with E-state index in [1.165, 1.54) is 10.4 Å². The minimum Gasteiger partial charge on any atom is -0.355 e. The van der Waals surface area contributed by atoms with Crippen LogP contribution in [0.1, 0.15) is 10.4 Å². The van der Waals surface area contributed by atoms with Gasteiger partial charge in [0.2, 0.25) is 0 Å². The highest BCUT2D eigenvalue weighted by Crippen LogP contribution is 2.14. The van der Waals surface area contributed by atoms with Crippen molar-refractivity contribution in [1.29, 1.82) is 0 Å². The second kappa shape index (κ2) is 8.96. The van der Waals surface area contributed by atoms with E-state index in [1.54, 1.807) is 24.6 Å². The van der Waals surface area contributed by atoms with Crippen LogP contribution in [0.15, 0.2) is 34.9 Å². The van der Waals surface area contributed by atoms with Crippen molar-refractivity contribution in [3.05, 3.63) is 40.3 Å². The minimum atomic E-state index is 0. The van der Waals surface area contributed by atoms with Gasteiger partial charge in [-0.3, -0.25) is 9.67 Å². The van der Waals surface area contributed by atoms with Gasteiger partial charge >= 0.3 is 0 Å². The van der Waals surface area contributed by atoms with Gasteiger partial charge in [-0.05, 0) is 30.0 Å². The largest absolute Gasteiger partial charge is 0.355 e. The van der Waals surface area contributed by atoms with Crippen LogP contribution in [0.5, 0.6) is 0 Å². The summed E-state index contributed by atoms with van der Waals surface area (Å²) < 4.78 is 1.89. The minimum absolute atomic E-state index is 0. The molecule has 2 aromatic rings. The van der Waals surface area contributed by atoms with Crippen molar-refractivity contribution in [2.24, 2.45) is 4.99 Å². The molecule has 110 valence electrons. The van der Waals surface area contributed by atoms with Crippen molar-refractivity contribution >= 4 is 41.3 Å². The third-order valence-electron chi connectivity index (χ3n) is 2.80. The second-order valence-corrected chi connectivity index (χ2v) is 5.15. The Bertz CT molecular complexity index is 521. The Morgan fingerprint density at radius 3 is 2.90 bits per heavy atom. The van der Waals surface area contributed by atoms with Crippen molar-refractivity contribution in [2.45, 2.75) is 20.0 Å². The molecule has 0 unspecified atom stereocenters. The summed E-state index contributed by atoms with van der Waals surface area (Å²) in [5.41, 5.74) is 1.32. The van der Waals surface area contributed by atoms with Gasteiger partial charge in [-0.2, -0.15) is 5.10 Å². The molecule has 0 fully saturated rings. The molecule has 0 aliphatic heterocycles. The third-order valence-corrected chi connectivity index (χ3v) is 3.82. The van der Waals surface area contributed by atoms with E-state index in [9.17, 15) is 0 Å². The van der Waals surface area contributed by atoms with Gasteiger partial charge in [-0.15, -0.1) is 35.3 Å². The highest BCUT2D eigenvalue weighted by atomic mass is 127. The lowest BCUT2D eigenvalue weighted by Gasteiger charge is -2.11. The number of hydrogen-bond acceptors (Lipinski definition) is 3. The van der Waals surface area contributed by atoms with Crippen LogP contribution in [0, 0.1) is 6.92 Å². The molecule has 0 radical (unpaired) electrons. The number of nitrogens with zero attached hydrogens (tertiary/aromatic N) is 3. The van der Waals surface area contributed by atoms with Gasteiger partial charge in [-0.1, -0.05) is 0 Å². The van der Waals surface area contributed by atoms with Crippen molar-refractivity contribution in [3.8, 4) is 0 Å². The van der Waals surface area contributed by atoms with E-state index < -0.39 is 0 Å². The number of hydrogen-bond donors (Lipinski definition) is 2. The molecular formula is C13H20IN5S. The maximum absolute atomic E-state index is 4.21. The molecule has 7 heteroatoms. The highest BCUT2D eigenvalue weighted by molar-refractivity contribution is 14.0. The Labute approximate surface area is 140 Å². The SMILES string of the molecule is CN=C(NCCn1cccn1)NCc1sccc1C.I. The fraction of sp³-hybridized carbons (Fsp3) is 0.385. The zero-order chi connectivity index (χ0) is 13.5. The number of thiophene rings is 1. The zero-order valence-electron chi connectivity index (χ0n) is 11.7. The Morgan fingerprint density at radius 2 is 2.30 bits per heavy atom. The van der Waals surface area contributed by atoms with E-state index in [4.69, 9.17) is 0 Å². The van der Waals surface area contributed by atoms with Gasteiger partial charge in [-0.25, -0.2) is 0 Å². The molecule has 2 heterocycles. The first kappa shape index (κ1) is 17.0. The summed E-state index contributed by atoms with van der Waals surface area (Å²) in [6, 6.07) is 4.06. The maximum Gasteiger partial charge on any atom is 0.191 e. The van der Waals surface area contributed by atoms with E-state index in [0.717, 1.165) is 25.6 Å². The van der Waals surface area contributed by atoms with Gasteiger partial charge in [0.15, 0.2) is 5.96 Å². The van der Waals surface area contributed by atoms with E-state index in [2.05, 4.69) is 39.1 Å². The van der Waals surface area contributed by atoms with Gasteiger partial charge in [0, 0.05) is 30.9 Å². The summed E-state index contributed by atoms with van der Waals surface area (Å²) in [6.45, 7) is 4.56. The second-order valence-electron chi connectivity index (χ2n) is 4.15. The van der Waals surface area contributed by atoms with E-state index in [0.29, 0.717) is 0 Å². The zero-order valence-corrected chi connectivity index (χ0v) is 14.8. The van der Waals surface area contributed by atoms with Crippen LogP contribution in [0.4, 0.5) is 0 Å². The molecule has 0 aliphatic carbocycles. The molecule has 0 spiro atoms. The normalized spacial score (nSPS) is 11.0. The number of halogens is 1. The molecule has 0 aliphatic rings. The fourth-order valence-corrected chi connectivity index (χ4v) is 2.54. The molecule has 0 amide bonds. The first-order chi connectivity index (χ1) is 9.29. The van der Waals surface area contributed by atoms with Crippen molar-refractivity contribution in [3.63, 3.8) is 0 Å². The Hall–Kier alpha value is -1.09. The molecule has 0 atom stereocenters.